The van der Waals surface area contributed by atoms with E-state index in [1.807, 2.05) is 30.5 Å². The molecule has 1 aliphatic carbocycles. The number of imide groups is 1. The fraction of sp³-hybridized carbons (Fsp3) is 0.400. The largest absolute Gasteiger partial charge is 0.427 e. The van der Waals surface area contributed by atoms with Crippen molar-refractivity contribution in [3.05, 3.63) is 60.3 Å². The number of aromatic nitrogens is 1. The summed E-state index contributed by atoms with van der Waals surface area (Å²) in [4.78, 5) is 58.0. The van der Waals surface area contributed by atoms with Gasteiger partial charge in [-0.15, -0.1) is 0 Å². The molecule has 5 rings (SSSR count). The molecule has 8 heteroatoms. The van der Waals surface area contributed by atoms with Gasteiger partial charge in [-0.05, 0) is 53.1 Å². The summed E-state index contributed by atoms with van der Waals surface area (Å²) in [6, 6.07) is 13.3. The number of rotatable bonds is 7. The Hall–Kier alpha value is -3.94. The molecule has 2 fully saturated rings. The highest BCUT2D eigenvalue weighted by atomic mass is 16.5. The van der Waals surface area contributed by atoms with Gasteiger partial charge >= 0.3 is 5.97 Å². The second-order valence-corrected chi connectivity index (χ2v) is 11.4. The number of nitrogens with one attached hydrogen (secondary N) is 1. The number of benzene rings is 2. The molecule has 3 aromatic rings. The van der Waals surface area contributed by atoms with E-state index in [2.05, 4.69) is 32.7 Å². The number of ether oxygens (including phenoxy) is 1. The number of hydrogen-bond donors (Lipinski definition) is 1. The number of fused-ring (bicyclic) bond motifs is 1. The average Bonchev–Trinajstić information content (AvgIpc) is 3.17. The fourth-order valence-corrected chi connectivity index (χ4v) is 5.94. The summed E-state index contributed by atoms with van der Waals surface area (Å²) in [6.45, 7) is 9.93. The van der Waals surface area contributed by atoms with Crippen LogP contribution in [0, 0.1) is 16.7 Å². The number of carbonyl (C=O) groups excluding carboxylic acids is 4. The van der Waals surface area contributed by atoms with Gasteiger partial charge in [0.05, 0.1) is 12.1 Å². The zero-order chi connectivity index (χ0) is 27.4. The number of H-pyrrole nitrogens is 1. The van der Waals surface area contributed by atoms with E-state index in [1.54, 1.807) is 29.2 Å². The van der Waals surface area contributed by atoms with Gasteiger partial charge < -0.3 is 14.6 Å². The van der Waals surface area contributed by atoms with Crippen molar-refractivity contribution in [1.82, 2.24) is 9.88 Å². The first-order valence-corrected chi connectivity index (χ1v) is 12.9. The Bertz CT molecular complexity index is 1420. The molecule has 198 valence electrons. The summed E-state index contributed by atoms with van der Waals surface area (Å²) >= 11 is 0. The maximum Gasteiger partial charge on any atom is 0.308 e. The van der Waals surface area contributed by atoms with Crippen LogP contribution in [0.4, 0.5) is 5.69 Å². The fourth-order valence-electron chi connectivity index (χ4n) is 5.94. The Labute approximate surface area is 221 Å². The zero-order valence-corrected chi connectivity index (χ0v) is 22.4. The summed E-state index contributed by atoms with van der Waals surface area (Å²) in [5, 5.41) is 1.08. The molecular weight excluding hydrogens is 482 g/mol. The Balaban J connectivity index is 1.42. The van der Waals surface area contributed by atoms with Crippen LogP contribution < -0.4 is 9.64 Å². The van der Waals surface area contributed by atoms with Gasteiger partial charge in [-0.25, -0.2) is 4.90 Å². The molecule has 0 spiro atoms. The van der Waals surface area contributed by atoms with Crippen LogP contribution in [0.15, 0.2) is 54.7 Å². The maximum absolute atomic E-state index is 14.0. The van der Waals surface area contributed by atoms with E-state index in [9.17, 15) is 19.2 Å². The zero-order valence-electron chi connectivity index (χ0n) is 22.4. The van der Waals surface area contributed by atoms with Crippen LogP contribution in [-0.2, 0) is 25.6 Å². The van der Waals surface area contributed by atoms with E-state index in [0.29, 0.717) is 24.4 Å². The van der Waals surface area contributed by atoms with Crippen LogP contribution >= 0.6 is 0 Å². The second kappa shape index (κ2) is 9.11. The van der Waals surface area contributed by atoms with Crippen molar-refractivity contribution in [3.8, 4) is 5.75 Å². The number of nitrogens with zero attached hydrogens (tertiary/aromatic N) is 2. The van der Waals surface area contributed by atoms with Crippen molar-refractivity contribution < 1.29 is 23.9 Å². The molecule has 2 heterocycles. The molecule has 0 bridgehead atoms. The summed E-state index contributed by atoms with van der Waals surface area (Å²) in [6.07, 6.45) is 2.42. The molecule has 1 aromatic heterocycles. The summed E-state index contributed by atoms with van der Waals surface area (Å²) in [7, 11) is 0. The van der Waals surface area contributed by atoms with Gasteiger partial charge in [0.25, 0.3) is 5.91 Å². The van der Waals surface area contributed by atoms with E-state index in [1.165, 1.54) is 6.92 Å². The van der Waals surface area contributed by atoms with Crippen LogP contribution in [-0.4, -0.2) is 46.2 Å². The summed E-state index contributed by atoms with van der Waals surface area (Å²) in [5.41, 5.74) is 2.04. The van der Waals surface area contributed by atoms with Gasteiger partial charge in [-0.3, -0.25) is 19.2 Å². The van der Waals surface area contributed by atoms with Crippen molar-refractivity contribution in [2.75, 3.05) is 11.4 Å². The lowest BCUT2D eigenvalue weighted by molar-refractivity contribution is -0.140. The third-order valence-electron chi connectivity index (χ3n) is 8.70. The highest BCUT2D eigenvalue weighted by molar-refractivity contribution is 6.23. The van der Waals surface area contributed by atoms with Crippen LogP contribution in [0.25, 0.3) is 10.9 Å². The van der Waals surface area contributed by atoms with E-state index < -0.39 is 17.9 Å². The normalized spacial score (nSPS) is 20.1. The monoisotopic (exact) mass is 515 g/mol. The predicted octanol–water partition coefficient (Wildman–Crippen LogP) is 4.48. The Morgan fingerprint density at radius 1 is 1.03 bits per heavy atom. The molecule has 1 aliphatic heterocycles. The highest BCUT2D eigenvalue weighted by Crippen LogP contribution is 2.69. The van der Waals surface area contributed by atoms with Crippen LogP contribution in [0.2, 0.25) is 0 Å². The van der Waals surface area contributed by atoms with Crippen molar-refractivity contribution in [1.29, 1.82) is 0 Å². The first kappa shape index (κ1) is 25.7. The van der Waals surface area contributed by atoms with Crippen LogP contribution in [0.5, 0.6) is 5.75 Å². The lowest BCUT2D eigenvalue weighted by Crippen LogP contribution is -2.47. The third-order valence-corrected chi connectivity index (χ3v) is 8.70. The molecule has 1 atom stereocenters. The minimum absolute atomic E-state index is 0.0717. The van der Waals surface area contributed by atoms with E-state index in [4.69, 9.17) is 4.74 Å². The topological polar surface area (TPSA) is 99.8 Å². The minimum atomic E-state index is -0.874. The Kier molecular flexibility index (Phi) is 6.16. The molecule has 2 aliphatic rings. The number of anilines is 1. The number of para-hydroxylation sites is 1. The molecule has 1 saturated heterocycles. The summed E-state index contributed by atoms with van der Waals surface area (Å²) < 4.78 is 5.06. The molecule has 38 heavy (non-hydrogen) atoms. The highest BCUT2D eigenvalue weighted by Gasteiger charge is 2.69. The number of aromatic amines is 1. The molecule has 1 unspecified atom stereocenters. The molecular formula is C30H33N3O5. The first-order chi connectivity index (χ1) is 17.9. The molecule has 8 nitrogen and oxygen atoms in total. The number of hydrogen-bond acceptors (Lipinski definition) is 5. The molecule has 1 saturated carbocycles. The van der Waals surface area contributed by atoms with Crippen LogP contribution in [0.1, 0.15) is 46.6 Å². The van der Waals surface area contributed by atoms with Gasteiger partial charge in [0.1, 0.15) is 11.8 Å². The second-order valence-electron chi connectivity index (χ2n) is 11.4. The standard InChI is InChI=1S/C30H33N3O5/c1-18(34)38-21-12-10-20(11-13-21)33-25(35)16-24(27(33)36)32(28(37)26-29(2,3)30(26,4)5)15-14-19-17-31-23-9-7-6-8-22(19)23/h6-13,17,24,26,31H,14-16H2,1-5H3. The molecule has 3 amide bonds. The lowest BCUT2D eigenvalue weighted by Gasteiger charge is -2.29. The summed E-state index contributed by atoms with van der Waals surface area (Å²) in [5.74, 6) is -1.23. The molecule has 2 aromatic carbocycles. The number of carbonyl (C=O) groups is 4. The van der Waals surface area contributed by atoms with Gasteiger partial charge in [0, 0.05) is 36.5 Å². The van der Waals surface area contributed by atoms with Crippen LogP contribution in [0.3, 0.4) is 0 Å². The van der Waals surface area contributed by atoms with E-state index in [0.717, 1.165) is 21.4 Å². The van der Waals surface area contributed by atoms with Gasteiger partial charge in [0.15, 0.2) is 0 Å². The Morgan fingerprint density at radius 3 is 2.32 bits per heavy atom. The number of amides is 3. The van der Waals surface area contributed by atoms with Crippen molar-refractivity contribution in [3.63, 3.8) is 0 Å². The smallest absolute Gasteiger partial charge is 0.308 e. The van der Waals surface area contributed by atoms with Crippen molar-refractivity contribution in [2.45, 2.75) is 53.5 Å². The minimum Gasteiger partial charge on any atom is -0.427 e. The third kappa shape index (κ3) is 4.18. The SMILES string of the molecule is CC(=O)Oc1ccc(N2C(=O)CC(N(CCc3c[nH]c4ccccc34)C(=O)C3C(C)(C)C3(C)C)C2=O)cc1. The predicted molar refractivity (Wildman–Crippen MR) is 143 cm³/mol. The van der Waals surface area contributed by atoms with Crippen molar-refractivity contribution in [2.24, 2.45) is 16.7 Å². The molecule has 0 radical (unpaired) electrons. The first-order valence-electron chi connectivity index (χ1n) is 12.9. The quantitative estimate of drug-likeness (QED) is 0.284. The number of esters is 1. The Morgan fingerprint density at radius 2 is 1.68 bits per heavy atom. The average molecular weight is 516 g/mol. The lowest BCUT2D eigenvalue weighted by atomic mass is 10.0. The van der Waals surface area contributed by atoms with E-state index in [-0.39, 0.29) is 35.0 Å². The van der Waals surface area contributed by atoms with Gasteiger partial charge in [-0.2, -0.15) is 0 Å². The van der Waals surface area contributed by atoms with E-state index >= 15 is 0 Å². The van der Waals surface area contributed by atoms with Crippen molar-refractivity contribution >= 4 is 40.3 Å². The van der Waals surface area contributed by atoms with Gasteiger partial charge in [0.2, 0.25) is 11.8 Å². The maximum atomic E-state index is 14.0. The molecule has 1 N–H and O–H groups in total. The van der Waals surface area contributed by atoms with Gasteiger partial charge in [-0.1, -0.05) is 45.9 Å².